The zero-order chi connectivity index (χ0) is 9.68. The fourth-order valence-electron chi connectivity index (χ4n) is 1.18. The van der Waals surface area contributed by atoms with Gasteiger partial charge in [-0.15, -0.1) is 0 Å². The fraction of sp³-hybridized carbons (Fsp3) is 0.182. The minimum atomic E-state index is -0.881. The Morgan fingerprint density at radius 2 is 2.00 bits per heavy atom. The van der Waals surface area contributed by atoms with Crippen molar-refractivity contribution in [3.05, 3.63) is 47.5 Å². The molecule has 2 heteroatoms. The minimum absolute atomic E-state index is 0.702. The zero-order valence-corrected chi connectivity index (χ0v) is 7.53. The van der Waals surface area contributed by atoms with E-state index in [1.54, 1.807) is 0 Å². The van der Waals surface area contributed by atoms with E-state index in [2.05, 4.69) is 0 Å². The maximum Gasteiger partial charge on any atom is 0.328 e. The van der Waals surface area contributed by atoms with Crippen molar-refractivity contribution in [2.45, 2.75) is 13.3 Å². The molecule has 1 aromatic carbocycles. The molecule has 0 spiro atoms. The van der Waals surface area contributed by atoms with Crippen molar-refractivity contribution in [1.29, 1.82) is 0 Å². The molecule has 0 aliphatic heterocycles. The van der Waals surface area contributed by atoms with Crippen LogP contribution in [0.2, 0.25) is 0 Å². The smallest absolute Gasteiger partial charge is 0.328 e. The zero-order valence-electron chi connectivity index (χ0n) is 7.53. The summed E-state index contributed by atoms with van der Waals surface area (Å²) < 4.78 is 0. The van der Waals surface area contributed by atoms with Crippen LogP contribution in [-0.2, 0) is 11.2 Å². The van der Waals surface area contributed by atoms with Gasteiger partial charge in [0.1, 0.15) is 0 Å². The average molecular weight is 176 g/mol. The van der Waals surface area contributed by atoms with Crippen molar-refractivity contribution in [2.24, 2.45) is 0 Å². The van der Waals surface area contributed by atoms with Gasteiger partial charge in [-0.05, 0) is 18.9 Å². The molecule has 0 unspecified atom stereocenters. The highest BCUT2D eigenvalue weighted by molar-refractivity contribution is 5.80. The second kappa shape index (κ2) is 4.45. The van der Waals surface area contributed by atoms with Crippen LogP contribution < -0.4 is 0 Å². The lowest BCUT2D eigenvalue weighted by molar-refractivity contribution is -0.131. The van der Waals surface area contributed by atoms with Gasteiger partial charge in [0.15, 0.2) is 0 Å². The molecule has 2 nitrogen and oxygen atoms in total. The second-order valence-corrected chi connectivity index (χ2v) is 2.99. The summed E-state index contributed by atoms with van der Waals surface area (Å²) in [6.45, 7) is 1.82. The van der Waals surface area contributed by atoms with Crippen LogP contribution >= 0.6 is 0 Å². The van der Waals surface area contributed by atoms with Crippen LogP contribution in [0, 0.1) is 0 Å². The van der Waals surface area contributed by atoms with Crippen molar-refractivity contribution >= 4 is 5.97 Å². The first-order valence-electron chi connectivity index (χ1n) is 4.12. The molecule has 1 rings (SSSR count). The molecular formula is C11H12O2. The highest BCUT2D eigenvalue weighted by atomic mass is 16.4. The summed E-state index contributed by atoms with van der Waals surface area (Å²) in [5.74, 6) is -0.881. The topological polar surface area (TPSA) is 37.3 Å². The number of carbonyl (C=O) groups is 1. The molecule has 13 heavy (non-hydrogen) atoms. The summed E-state index contributed by atoms with van der Waals surface area (Å²) >= 11 is 0. The Kier molecular flexibility index (Phi) is 3.26. The molecule has 0 bridgehead atoms. The number of benzene rings is 1. The number of carboxylic acid groups (broad SMARTS) is 1. The summed E-state index contributed by atoms with van der Waals surface area (Å²) in [7, 11) is 0. The normalized spacial score (nSPS) is 11.3. The highest BCUT2D eigenvalue weighted by Gasteiger charge is 1.95. The van der Waals surface area contributed by atoms with E-state index in [4.69, 9.17) is 5.11 Å². The van der Waals surface area contributed by atoms with Gasteiger partial charge >= 0.3 is 5.97 Å². The predicted octanol–water partition coefficient (Wildman–Crippen LogP) is 2.26. The quantitative estimate of drug-likeness (QED) is 0.717. The molecule has 0 atom stereocenters. The van der Waals surface area contributed by atoms with Crippen molar-refractivity contribution in [3.63, 3.8) is 0 Å². The van der Waals surface area contributed by atoms with Crippen molar-refractivity contribution < 1.29 is 9.90 Å². The second-order valence-electron chi connectivity index (χ2n) is 2.99. The van der Waals surface area contributed by atoms with Crippen LogP contribution in [-0.4, -0.2) is 11.1 Å². The largest absolute Gasteiger partial charge is 0.478 e. The molecule has 1 N–H and O–H groups in total. The molecule has 0 aliphatic rings. The van der Waals surface area contributed by atoms with Crippen LogP contribution in [0.1, 0.15) is 12.5 Å². The molecule has 0 aromatic heterocycles. The highest BCUT2D eigenvalue weighted by Crippen LogP contribution is 2.06. The molecule has 0 aliphatic carbocycles. The molecule has 0 heterocycles. The average Bonchev–Trinajstić information content (AvgIpc) is 2.04. The lowest BCUT2D eigenvalue weighted by Crippen LogP contribution is -1.92. The Balaban J connectivity index is 2.65. The number of carboxylic acids is 1. The van der Waals surface area contributed by atoms with Crippen molar-refractivity contribution in [1.82, 2.24) is 0 Å². The van der Waals surface area contributed by atoms with Crippen LogP contribution in [0.15, 0.2) is 42.0 Å². The maximum absolute atomic E-state index is 10.3. The Bertz CT molecular complexity index is 312. The van der Waals surface area contributed by atoms with Gasteiger partial charge < -0.3 is 5.11 Å². The summed E-state index contributed by atoms with van der Waals surface area (Å²) in [4.78, 5) is 10.3. The number of hydrogen-bond donors (Lipinski definition) is 1. The van der Waals surface area contributed by atoms with Gasteiger partial charge in [-0.2, -0.15) is 0 Å². The van der Waals surface area contributed by atoms with Crippen LogP contribution in [0.4, 0.5) is 0 Å². The van der Waals surface area contributed by atoms with Gasteiger partial charge in [-0.3, -0.25) is 0 Å². The van der Waals surface area contributed by atoms with Crippen LogP contribution in [0.5, 0.6) is 0 Å². The third kappa shape index (κ3) is 3.56. The summed E-state index contributed by atoms with van der Waals surface area (Å²) in [6, 6.07) is 9.81. The van der Waals surface area contributed by atoms with Gasteiger partial charge in [0.05, 0.1) is 0 Å². The first kappa shape index (κ1) is 9.52. The van der Waals surface area contributed by atoms with E-state index < -0.39 is 5.97 Å². The van der Waals surface area contributed by atoms with Gasteiger partial charge in [0, 0.05) is 6.08 Å². The van der Waals surface area contributed by atoms with E-state index >= 15 is 0 Å². The lowest BCUT2D eigenvalue weighted by Gasteiger charge is -1.99. The Morgan fingerprint density at radius 3 is 2.54 bits per heavy atom. The lowest BCUT2D eigenvalue weighted by atomic mass is 10.1. The molecular weight excluding hydrogens is 164 g/mol. The molecule has 0 fully saturated rings. The molecule has 0 saturated heterocycles. The summed E-state index contributed by atoms with van der Waals surface area (Å²) in [6.07, 6.45) is 1.94. The number of allylic oxidation sites excluding steroid dienone is 1. The molecule has 0 saturated carbocycles. The van der Waals surface area contributed by atoms with E-state index in [9.17, 15) is 4.79 Å². The van der Waals surface area contributed by atoms with Gasteiger partial charge in [-0.1, -0.05) is 35.9 Å². The van der Waals surface area contributed by atoms with Gasteiger partial charge in [0.2, 0.25) is 0 Å². The predicted molar refractivity (Wildman–Crippen MR) is 51.5 cm³/mol. The monoisotopic (exact) mass is 176 g/mol. The Morgan fingerprint density at radius 1 is 1.38 bits per heavy atom. The van der Waals surface area contributed by atoms with Crippen LogP contribution in [0.25, 0.3) is 0 Å². The Hall–Kier alpha value is -1.57. The van der Waals surface area contributed by atoms with E-state index in [0.29, 0.717) is 6.42 Å². The SMILES string of the molecule is CC(=CC(=O)O)Cc1ccccc1. The summed E-state index contributed by atoms with van der Waals surface area (Å²) in [5.41, 5.74) is 2.00. The van der Waals surface area contributed by atoms with E-state index in [-0.39, 0.29) is 0 Å². The first-order chi connectivity index (χ1) is 6.18. The first-order valence-corrected chi connectivity index (χ1v) is 4.12. The van der Waals surface area contributed by atoms with Crippen molar-refractivity contribution in [2.75, 3.05) is 0 Å². The van der Waals surface area contributed by atoms with Gasteiger partial charge in [-0.25, -0.2) is 4.79 Å². The number of hydrogen-bond acceptors (Lipinski definition) is 1. The minimum Gasteiger partial charge on any atom is -0.478 e. The maximum atomic E-state index is 10.3. The van der Waals surface area contributed by atoms with Gasteiger partial charge in [0.25, 0.3) is 0 Å². The number of rotatable bonds is 3. The molecule has 0 amide bonds. The van der Waals surface area contributed by atoms with E-state index in [0.717, 1.165) is 11.1 Å². The third-order valence-electron chi connectivity index (χ3n) is 1.70. The van der Waals surface area contributed by atoms with E-state index in [1.165, 1.54) is 6.08 Å². The molecule has 0 radical (unpaired) electrons. The Labute approximate surface area is 77.5 Å². The number of aliphatic carboxylic acids is 1. The standard InChI is InChI=1S/C11H12O2/c1-9(8-11(12)13)7-10-5-3-2-4-6-10/h2-6,8H,7H2,1H3,(H,12,13). The fourth-order valence-corrected chi connectivity index (χ4v) is 1.18. The molecule has 68 valence electrons. The van der Waals surface area contributed by atoms with Crippen LogP contribution in [0.3, 0.4) is 0 Å². The third-order valence-corrected chi connectivity index (χ3v) is 1.70. The summed E-state index contributed by atoms with van der Waals surface area (Å²) in [5, 5.41) is 8.49. The van der Waals surface area contributed by atoms with E-state index in [1.807, 2.05) is 37.3 Å². The van der Waals surface area contributed by atoms with Crippen molar-refractivity contribution in [3.8, 4) is 0 Å². The molecule has 1 aromatic rings.